The first-order valence-electron chi connectivity index (χ1n) is 8.47. The van der Waals surface area contributed by atoms with E-state index in [0.717, 1.165) is 32.0 Å². The molecule has 0 aliphatic carbocycles. The monoisotopic (exact) mass is 307 g/mol. The average Bonchev–Trinajstić information content (AvgIpc) is 3.00. The average molecular weight is 307 g/mol. The van der Waals surface area contributed by atoms with Crippen molar-refractivity contribution >= 4 is 5.96 Å². The minimum atomic E-state index is 0.309. The van der Waals surface area contributed by atoms with Crippen LogP contribution < -0.4 is 10.6 Å². The second-order valence-electron chi connectivity index (χ2n) is 6.63. The fourth-order valence-corrected chi connectivity index (χ4v) is 2.37. The molecule has 0 atom stereocenters. The summed E-state index contributed by atoms with van der Waals surface area (Å²) in [6, 6.07) is 0. The van der Waals surface area contributed by atoms with E-state index in [0.29, 0.717) is 5.41 Å². The van der Waals surface area contributed by atoms with Crippen LogP contribution in [-0.4, -0.2) is 35.6 Å². The molecule has 0 saturated heterocycles. The minimum Gasteiger partial charge on any atom is -0.356 e. The molecule has 0 radical (unpaired) electrons. The van der Waals surface area contributed by atoms with Gasteiger partial charge in [-0.2, -0.15) is 0 Å². The lowest BCUT2D eigenvalue weighted by Crippen LogP contribution is -2.42. The third kappa shape index (κ3) is 8.05. The zero-order chi connectivity index (χ0) is 16.3. The van der Waals surface area contributed by atoms with Crippen LogP contribution in [0.3, 0.4) is 0 Å². The van der Waals surface area contributed by atoms with Gasteiger partial charge in [-0.25, -0.2) is 4.98 Å². The largest absolute Gasteiger partial charge is 0.356 e. The highest BCUT2D eigenvalue weighted by Gasteiger charge is 2.17. The van der Waals surface area contributed by atoms with Crippen LogP contribution in [0.4, 0.5) is 0 Å². The number of aliphatic imine (C=N–C) groups is 1. The molecular formula is C17H33N5. The Kier molecular flexibility index (Phi) is 8.63. The molecule has 0 aliphatic rings. The maximum Gasteiger partial charge on any atom is 0.190 e. The minimum absolute atomic E-state index is 0.309. The molecular weight excluding hydrogens is 274 g/mol. The van der Waals surface area contributed by atoms with Gasteiger partial charge in [0.1, 0.15) is 0 Å². The Bertz CT molecular complexity index is 409. The highest BCUT2D eigenvalue weighted by Crippen LogP contribution is 2.22. The molecule has 0 saturated carbocycles. The summed E-state index contributed by atoms with van der Waals surface area (Å²) in [5, 5.41) is 6.83. The number of rotatable bonds is 10. The van der Waals surface area contributed by atoms with E-state index in [9.17, 15) is 0 Å². The molecule has 0 spiro atoms. The van der Waals surface area contributed by atoms with Crippen LogP contribution in [0.5, 0.6) is 0 Å². The molecule has 0 amide bonds. The van der Waals surface area contributed by atoms with Crippen molar-refractivity contribution in [2.24, 2.45) is 10.4 Å². The predicted molar refractivity (Wildman–Crippen MR) is 94.1 cm³/mol. The van der Waals surface area contributed by atoms with E-state index in [1.165, 1.54) is 25.7 Å². The third-order valence-corrected chi connectivity index (χ3v) is 3.86. The van der Waals surface area contributed by atoms with Gasteiger partial charge in [0.2, 0.25) is 0 Å². The Morgan fingerprint density at radius 1 is 1.23 bits per heavy atom. The lowest BCUT2D eigenvalue weighted by Gasteiger charge is -2.26. The summed E-state index contributed by atoms with van der Waals surface area (Å²) in [7, 11) is 1.83. The summed E-state index contributed by atoms with van der Waals surface area (Å²) < 4.78 is 2.09. The van der Waals surface area contributed by atoms with Crippen LogP contribution in [0, 0.1) is 5.41 Å². The number of guanidine groups is 1. The van der Waals surface area contributed by atoms with Crippen molar-refractivity contribution in [3.63, 3.8) is 0 Å². The van der Waals surface area contributed by atoms with Crippen LogP contribution in [0.2, 0.25) is 0 Å². The van der Waals surface area contributed by atoms with E-state index in [4.69, 9.17) is 0 Å². The van der Waals surface area contributed by atoms with Crippen molar-refractivity contribution in [2.75, 3.05) is 20.1 Å². The molecule has 1 rings (SSSR count). The number of imidazole rings is 1. The Morgan fingerprint density at radius 2 is 2.05 bits per heavy atom. The second-order valence-corrected chi connectivity index (χ2v) is 6.63. The van der Waals surface area contributed by atoms with Gasteiger partial charge in [-0.15, -0.1) is 0 Å². The van der Waals surface area contributed by atoms with E-state index >= 15 is 0 Å². The molecule has 5 heteroatoms. The Labute approximate surface area is 135 Å². The lowest BCUT2D eigenvalue weighted by molar-refractivity contribution is 0.318. The van der Waals surface area contributed by atoms with Gasteiger partial charge in [-0.1, -0.05) is 40.0 Å². The van der Waals surface area contributed by atoms with Crippen molar-refractivity contribution in [1.29, 1.82) is 0 Å². The number of nitrogens with zero attached hydrogens (tertiary/aromatic N) is 3. The molecule has 0 bridgehead atoms. The summed E-state index contributed by atoms with van der Waals surface area (Å²) in [6.45, 7) is 9.74. The fraction of sp³-hybridized carbons (Fsp3) is 0.765. The number of hydrogen-bond acceptors (Lipinski definition) is 2. The number of aryl methyl sites for hydroxylation is 1. The molecule has 126 valence electrons. The number of aromatic nitrogens is 2. The normalized spacial score (nSPS) is 12.5. The van der Waals surface area contributed by atoms with Crippen molar-refractivity contribution in [3.8, 4) is 0 Å². The summed E-state index contributed by atoms with van der Waals surface area (Å²) in [6.07, 6.45) is 11.9. The first-order chi connectivity index (χ1) is 10.6. The van der Waals surface area contributed by atoms with Crippen LogP contribution in [0.1, 0.15) is 52.9 Å². The zero-order valence-corrected chi connectivity index (χ0v) is 14.7. The third-order valence-electron chi connectivity index (χ3n) is 3.86. The molecule has 5 nitrogen and oxygen atoms in total. The first-order valence-corrected chi connectivity index (χ1v) is 8.47. The molecule has 1 aromatic rings. The topological polar surface area (TPSA) is 54.2 Å². The second kappa shape index (κ2) is 10.2. The quantitative estimate of drug-likeness (QED) is 0.397. The number of hydrogen-bond donors (Lipinski definition) is 2. The standard InChI is InChI=1S/C17H33N5/c1-5-6-7-9-17(2,3)14-21-16(18-4)20-10-8-12-22-13-11-19-15-22/h11,13,15H,5-10,12,14H2,1-4H3,(H2,18,20,21). The van der Waals surface area contributed by atoms with E-state index in [1.54, 1.807) is 0 Å². The van der Waals surface area contributed by atoms with Gasteiger partial charge in [0.05, 0.1) is 6.33 Å². The Balaban J connectivity index is 2.18. The predicted octanol–water partition coefficient (Wildman–Crippen LogP) is 3.04. The maximum atomic E-state index is 4.30. The van der Waals surface area contributed by atoms with Gasteiger partial charge in [-0.05, 0) is 18.3 Å². The van der Waals surface area contributed by atoms with Gasteiger partial charge in [-0.3, -0.25) is 4.99 Å². The van der Waals surface area contributed by atoms with E-state index in [1.807, 2.05) is 25.8 Å². The van der Waals surface area contributed by atoms with Gasteiger partial charge < -0.3 is 15.2 Å². The molecule has 0 aliphatic heterocycles. The van der Waals surface area contributed by atoms with E-state index < -0.39 is 0 Å². The molecule has 0 fully saturated rings. The molecule has 0 unspecified atom stereocenters. The molecule has 2 N–H and O–H groups in total. The summed E-state index contributed by atoms with van der Waals surface area (Å²) in [4.78, 5) is 8.34. The fourth-order valence-electron chi connectivity index (χ4n) is 2.37. The molecule has 1 aromatic heterocycles. The summed E-state index contributed by atoms with van der Waals surface area (Å²) >= 11 is 0. The van der Waals surface area contributed by atoms with Crippen LogP contribution in [-0.2, 0) is 6.54 Å². The van der Waals surface area contributed by atoms with Crippen LogP contribution in [0.15, 0.2) is 23.7 Å². The Hall–Kier alpha value is -1.52. The lowest BCUT2D eigenvalue weighted by atomic mass is 9.87. The van der Waals surface area contributed by atoms with E-state index in [-0.39, 0.29) is 0 Å². The molecule has 0 aromatic carbocycles. The van der Waals surface area contributed by atoms with E-state index in [2.05, 4.69) is 45.9 Å². The van der Waals surface area contributed by atoms with Crippen molar-refractivity contribution in [2.45, 2.75) is 59.4 Å². The molecule has 22 heavy (non-hydrogen) atoms. The smallest absolute Gasteiger partial charge is 0.190 e. The van der Waals surface area contributed by atoms with Crippen LogP contribution in [0.25, 0.3) is 0 Å². The van der Waals surface area contributed by atoms with Crippen molar-refractivity contribution in [3.05, 3.63) is 18.7 Å². The molecule has 1 heterocycles. The Morgan fingerprint density at radius 3 is 2.68 bits per heavy atom. The zero-order valence-electron chi connectivity index (χ0n) is 14.7. The first kappa shape index (κ1) is 18.5. The van der Waals surface area contributed by atoms with Gasteiger partial charge in [0, 0.05) is 39.1 Å². The van der Waals surface area contributed by atoms with Gasteiger partial charge in [0.25, 0.3) is 0 Å². The summed E-state index contributed by atoms with van der Waals surface area (Å²) in [5.74, 6) is 0.897. The highest BCUT2D eigenvalue weighted by atomic mass is 15.2. The number of unbranched alkanes of at least 4 members (excludes halogenated alkanes) is 2. The van der Waals surface area contributed by atoms with Gasteiger partial charge in [0.15, 0.2) is 5.96 Å². The van der Waals surface area contributed by atoms with Crippen molar-refractivity contribution in [1.82, 2.24) is 20.2 Å². The summed E-state index contributed by atoms with van der Waals surface area (Å²) in [5.41, 5.74) is 0.309. The maximum absolute atomic E-state index is 4.30. The highest BCUT2D eigenvalue weighted by molar-refractivity contribution is 5.79. The van der Waals surface area contributed by atoms with Gasteiger partial charge >= 0.3 is 0 Å². The number of nitrogens with one attached hydrogen (secondary N) is 2. The van der Waals surface area contributed by atoms with Crippen LogP contribution >= 0.6 is 0 Å². The SMILES string of the molecule is CCCCCC(C)(C)CNC(=NC)NCCCn1ccnc1. The van der Waals surface area contributed by atoms with Crippen molar-refractivity contribution < 1.29 is 0 Å².